The van der Waals surface area contributed by atoms with Crippen LogP contribution in [0, 0.1) is 0 Å². The lowest BCUT2D eigenvalue weighted by molar-refractivity contribution is 0.129. The summed E-state index contributed by atoms with van der Waals surface area (Å²) < 4.78 is 11.1. The zero-order valence-electron chi connectivity index (χ0n) is 16.6. The number of hydrogen-bond acceptors (Lipinski definition) is 4. The number of guanidine groups is 1. The molecule has 142 valence electrons. The summed E-state index contributed by atoms with van der Waals surface area (Å²) in [5.41, 5.74) is 0.889. The summed E-state index contributed by atoms with van der Waals surface area (Å²) in [4.78, 5) is 6.50. The molecular formula is C19H34N4O2. The van der Waals surface area contributed by atoms with E-state index in [2.05, 4.69) is 54.4 Å². The molecule has 0 heterocycles. The summed E-state index contributed by atoms with van der Waals surface area (Å²) in [6.07, 6.45) is 0. The molecule has 0 fully saturated rings. The summed E-state index contributed by atoms with van der Waals surface area (Å²) in [7, 11) is 5.58. The van der Waals surface area contributed by atoms with Gasteiger partial charge < -0.3 is 25.0 Å². The highest BCUT2D eigenvalue weighted by atomic mass is 16.5. The van der Waals surface area contributed by atoms with Crippen molar-refractivity contribution in [2.75, 3.05) is 47.4 Å². The van der Waals surface area contributed by atoms with Crippen LogP contribution in [0.1, 0.15) is 26.3 Å². The van der Waals surface area contributed by atoms with Gasteiger partial charge >= 0.3 is 0 Å². The van der Waals surface area contributed by atoms with E-state index in [1.54, 1.807) is 14.2 Å². The molecular weight excluding hydrogens is 316 g/mol. The number of likely N-dealkylation sites (N-methyl/N-ethyl adjacent to an activating group) is 1. The minimum atomic E-state index is -0.219. The summed E-state index contributed by atoms with van der Waals surface area (Å²) in [6, 6.07) is 8.09. The molecule has 0 spiro atoms. The molecule has 0 unspecified atom stereocenters. The molecule has 6 heteroatoms. The Bertz CT molecular complexity index is 526. The van der Waals surface area contributed by atoms with Crippen LogP contribution in [-0.2, 0) is 11.3 Å². The Labute approximate surface area is 152 Å². The van der Waals surface area contributed by atoms with Crippen LogP contribution >= 0.6 is 0 Å². The van der Waals surface area contributed by atoms with Gasteiger partial charge in [-0.3, -0.25) is 4.99 Å². The number of methoxy groups -OCH3 is 1. The highest BCUT2D eigenvalue weighted by molar-refractivity contribution is 5.79. The second-order valence-corrected chi connectivity index (χ2v) is 6.97. The monoisotopic (exact) mass is 350 g/mol. The van der Waals surface area contributed by atoms with Gasteiger partial charge in [-0.05, 0) is 33.9 Å². The largest absolute Gasteiger partial charge is 0.488 e. The zero-order valence-corrected chi connectivity index (χ0v) is 16.6. The summed E-state index contributed by atoms with van der Waals surface area (Å²) in [5.74, 6) is 1.68. The molecule has 6 nitrogen and oxygen atoms in total. The molecule has 0 aliphatic rings. The number of para-hydroxylation sites is 1. The number of rotatable bonds is 9. The fourth-order valence-electron chi connectivity index (χ4n) is 2.20. The van der Waals surface area contributed by atoms with Crippen molar-refractivity contribution >= 4 is 5.96 Å². The van der Waals surface area contributed by atoms with Crippen molar-refractivity contribution in [3.8, 4) is 5.75 Å². The van der Waals surface area contributed by atoms with E-state index >= 15 is 0 Å². The average Bonchev–Trinajstić information content (AvgIpc) is 2.55. The molecule has 0 aromatic heterocycles. The number of nitrogens with one attached hydrogen (secondary N) is 2. The first kappa shape index (κ1) is 21.3. The molecule has 0 amide bonds. The smallest absolute Gasteiger partial charge is 0.191 e. The molecule has 2 N–H and O–H groups in total. The molecule has 0 saturated heterocycles. The van der Waals surface area contributed by atoms with Gasteiger partial charge in [0, 0.05) is 45.9 Å². The lowest BCUT2D eigenvalue weighted by atomic mass is 10.1. The molecule has 1 rings (SSSR count). The Kier molecular flexibility index (Phi) is 9.31. The Morgan fingerprint density at radius 1 is 1.16 bits per heavy atom. The van der Waals surface area contributed by atoms with Gasteiger partial charge in [-0.2, -0.15) is 0 Å². The van der Waals surface area contributed by atoms with E-state index in [0.717, 1.165) is 43.5 Å². The van der Waals surface area contributed by atoms with E-state index in [1.807, 2.05) is 18.2 Å². The Hall–Kier alpha value is -1.79. The van der Waals surface area contributed by atoms with Crippen LogP contribution < -0.4 is 15.4 Å². The van der Waals surface area contributed by atoms with Crippen LogP contribution in [0.3, 0.4) is 0 Å². The minimum absolute atomic E-state index is 0.219. The van der Waals surface area contributed by atoms with Crippen LogP contribution in [0.25, 0.3) is 0 Å². The number of benzene rings is 1. The SMILES string of the molecule is CN=C(NCCN(C)CCOC)NCc1ccccc1OC(C)(C)C. The molecule has 0 saturated carbocycles. The first-order valence-electron chi connectivity index (χ1n) is 8.74. The number of nitrogens with zero attached hydrogens (tertiary/aromatic N) is 2. The summed E-state index contributed by atoms with van der Waals surface area (Å²) >= 11 is 0. The first-order chi connectivity index (χ1) is 11.9. The Morgan fingerprint density at radius 3 is 2.52 bits per heavy atom. The van der Waals surface area contributed by atoms with Crippen LogP contribution in [0.4, 0.5) is 0 Å². The van der Waals surface area contributed by atoms with Gasteiger partial charge in [-0.25, -0.2) is 0 Å². The van der Waals surface area contributed by atoms with E-state index in [4.69, 9.17) is 9.47 Å². The fourth-order valence-corrected chi connectivity index (χ4v) is 2.20. The van der Waals surface area contributed by atoms with E-state index in [1.165, 1.54) is 0 Å². The van der Waals surface area contributed by atoms with Crippen LogP contribution in [0.15, 0.2) is 29.3 Å². The highest BCUT2D eigenvalue weighted by Gasteiger charge is 2.14. The third kappa shape index (κ3) is 9.31. The van der Waals surface area contributed by atoms with Crippen molar-refractivity contribution in [2.45, 2.75) is 32.9 Å². The molecule has 0 aliphatic carbocycles. The van der Waals surface area contributed by atoms with Gasteiger partial charge in [0.05, 0.1) is 6.61 Å². The Balaban J connectivity index is 2.47. The predicted octanol–water partition coefficient (Wildman–Crippen LogP) is 2.11. The maximum atomic E-state index is 6.03. The maximum absolute atomic E-state index is 6.03. The van der Waals surface area contributed by atoms with Crippen LogP contribution in [0.5, 0.6) is 5.75 Å². The average molecular weight is 351 g/mol. The third-order valence-corrected chi connectivity index (χ3v) is 3.52. The van der Waals surface area contributed by atoms with Crippen molar-refractivity contribution < 1.29 is 9.47 Å². The van der Waals surface area contributed by atoms with E-state index in [-0.39, 0.29) is 5.60 Å². The fraction of sp³-hybridized carbons (Fsp3) is 0.632. The van der Waals surface area contributed by atoms with Crippen LogP contribution in [0.2, 0.25) is 0 Å². The first-order valence-corrected chi connectivity index (χ1v) is 8.74. The topological polar surface area (TPSA) is 58.1 Å². The summed E-state index contributed by atoms with van der Waals surface area (Å²) in [5, 5.41) is 6.67. The van der Waals surface area contributed by atoms with E-state index in [9.17, 15) is 0 Å². The van der Waals surface area contributed by atoms with Crippen molar-refractivity contribution in [1.29, 1.82) is 0 Å². The second-order valence-electron chi connectivity index (χ2n) is 6.97. The third-order valence-electron chi connectivity index (χ3n) is 3.52. The van der Waals surface area contributed by atoms with Gasteiger partial charge in [0.1, 0.15) is 11.4 Å². The van der Waals surface area contributed by atoms with Gasteiger partial charge in [-0.1, -0.05) is 18.2 Å². The highest BCUT2D eigenvalue weighted by Crippen LogP contribution is 2.22. The number of ether oxygens (including phenoxy) is 2. The molecule has 0 radical (unpaired) electrons. The lowest BCUT2D eigenvalue weighted by Gasteiger charge is -2.23. The molecule has 1 aromatic carbocycles. The Morgan fingerprint density at radius 2 is 1.88 bits per heavy atom. The van der Waals surface area contributed by atoms with E-state index in [0.29, 0.717) is 6.54 Å². The lowest BCUT2D eigenvalue weighted by Crippen LogP contribution is -2.41. The predicted molar refractivity (Wildman–Crippen MR) is 104 cm³/mol. The maximum Gasteiger partial charge on any atom is 0.191 e. The summed E-state index contributed by atoms with van der Waals surface area (Å²) in [6.45, 7) is 10.2. The molecule has 25 heavy (non-hydrogen) atoms. The number of hydrogen-bond donors (Lipinski definition) is 2. The van der Waals surface area contributed by atoms with Gasteiger partial charge in [0.25, 0.3) is 0 Å². The quantitative estimate of drug-likeness (QED) is 0.528. The van der Waals surface area contributed by atoms with E-state index < -0.39 is 0 Å². The van der Waals surface area contributed by atoms with Gasteiger partial charge in [-0.15, -0.1) is 0 Å². The van der Waals surface area contributed by atoms with Crippen molar-refractivity contribution in [2.24, 2.45) is 4.99 Å². The van der Waals surface area contributed by atoms with Gasteiger partial charge in [0.2, 0.25) is 0 Å². The minimum Gasteiger partial charge on any atom is -0.488 e. The normalized spacial score (nSPS) is 12.4. The van der Waals surface area contributed by atoms with Crippen LogP contribution in [-0.4, -0.2) is 63.9 Å². The molecule has 0 atom stereocenters. The zero-order chi connectivity index (χ0) is 18.7. The molecule has 0 aliphatic heterocycles. The van der Waals surface area contributed by atoms with Gasteiger partial charge in [0.15, 0.2) is 5.96 Å². The number of aliphatic imine (C=N–C) groups is 1. The molecule has 1 aromatic rings. The molecule has 0 bridgehead atoms. The second kappa shape index (κ2) is 10.9. The standard InChI is InChI=1S/C19H34N4O2/c1-19(2,3)25-17-10-8-7-9-16(17)15-22-18(20-4)21-11-12-23(5)13-14-24-6/h7-10H,11-15H2,1-6H3,(H2,20,21,22). The van der Waals surface area contributed by atoms with Crippen molar-refractivity contribution in [1.82, 2.24) is 15.5 Å². The van der Waals surface area contributed by atoms with Crippen molar-refractivity contribution in [3.63, 3.8) is 0 Å². The van der Waals surface area contributed by atoms with Crippen molar-refractivity contribution in [3.05, 3.63) is 29.8 Å².